The van der Waals surface area contributed by atoms with Crippen molar-refractivity contribution in [1.82, 2.24) is 5.32 Å². The first kappa shape index (κ1) is 19.4. The van der Waals surface area contributed by atoms with E-state index in [0.717, 1.165) is 23.1 Å². The van der Waals surface area contributed by atoms with E-state index in [1.54, 1.807) is 18.7 Å². The van der Waals surface area contributed by atoms with Crippen LogP contribution in [0.1, 0.15) is 24.1 Å². The third-order valence-electron chi connectivity index (χ3n) is 3.93. The lowest BCUT2D eigenvalue weighted by molar-refractivity contribution is -0.885. The number of benzene rings is 2. The van der Waals surface area contributed by atoms with Crippen LogP contribution in [0.2, 0.25) is 0 Å². The molecule has 0 aliphatic heterocycles. The number of amides is 1. The highest BCUT2D eigenvalue weighted by Gasteiger charge is 2.17. The molecule has 134 valence electrons. The Labute approximate surface area is 151 Å². The molecular formula is C19H23F2N2OS+. The van der Waals surface area contributed by atoms with Gasteiger partial charge >= 0.3 is 0 Å². The Morgan fingerprint density at radius 3 is 2.48 bits per heavy atom. The summed E-state index contributed by atoms with van der Waals surface area (Å²) in [6.45, 7) is 2.68. The van der Waals surface area contributed by atoms with Gasteiger partial charge in [0.15, 0.2) is 6.54 Å². The third-order valence-corrected chi connectivity index (χ3v) is 4.68. The zero-order valence-electron chi connectivity index (χ0n) is 14.6. The van der Waals surface area contributed by atoms with Crippen molar-refractivity contribution in [3.05, 3.63) is 65.2 Å². The molecule has 0 fully saturated rings. The first-order chi connectivity index (χ1) is 11.9. The molecule has 2 rings (SSSR count). The zero-order chi connectivity index (χ0) is 18.4. The van der Waals surface area contributed by atoms with Crippen LogP contribution in [0.5, 0.6) is 0 Å². The fraction of sp³-hybridized carbons (Fsp3) is 0.316. The van der Waals surface area contributed by atoms with Crippen LogP contribution in [0.15, 0.2) is 47.4 Å². The summed E-state index contributed by atoms with van der Waals surface area (Å²) >= 11 is 1.69. The molecular weight excluding hydrogens is 342 g/mol. The number of carbonyl (C=O) groups excluding carboxylic acids is 1. The topological polar surface area (TPSA) is 33.5 Å². The van der Waals surface area contributed by atoms with Crippen molar-refractivity contribution < 1.29 is 18.5 Å². The van der Waals surface area contributed by atoms with Gasteiger partial charge in [0.1, 0.15) is 18.2 Å². The largest absolute Gasteiger partial charge is 0.345 e. The van der Waals surface area contributed by atoms with Crippen molar-refractivity contribution in [2.45, 2.75) is 24.4 Å². The van der Waals surface area contributed by atoms with Crippen LogP contribution in [0.25, 0.3) is 0 Å². The summed E-state index contributed by atoms with van der Waals surface area (Å²) in [7, 11) is 1.94. The number of halogens is 2. The Kier molecular flexibility index (Phi) is 6.96. The monoisotopic (exact) mass is 365 g/mol. The summed E-state index contributed by atoms with van der Waals surface area (Å²) in [6, 6.07) is 11.1. The quantitative estimate of drug-likeness (QED) is 0.740. The van der Waals surface area contributed by atoms with Gasteiger partial charge in [0.05, 0.1) is 13.1 Å². The molecule has 0 aliphatic rings. The van der Waals surface area contributed by atoms with Crippen LogP contribution in [-0.2, 0) is 11.3 Å². The minimum Gasteiger partial charge on any atom is -0.345 e. The van der Waals surface area contributed by atoms with Gasteiger partial charge in [0, 0.05) is 22.1 Å². The number of nitrogens with one attached hydrogen (secondary N) is 2. The van der Waals surface area contributed by atoms with Gasteiger partial charge in [-0.2, -0.15) is 0 Å². The first-order valence-corrected chi connectivity index (χ1v) is 9.30. The van der Waals surface area contributed by atoms with Crippen molar-refractivity contribution in [3.63, 3.8) is 0 Å². The Morgan fingerprint density at radius 1 is 1.20 bits per heavy atom. The molecule has 0 heterocycles. The van der Waals surface area contributed by atoms with E-state index in [9.17, 15) is 13.6 Å². The molecule has 0 spiro atoms. The van der Waals surface area contributed by atoms with E-state index in [0.29, 0.717) is 0 Å². The van der Waals surface area contributed by atoms with Crippen molar-refractivity contribution >= 4 is 17.7 Å². The summed E-state index contributed by atoms with van der Waals surface area (Å²) in [6.07, 6.45) is 2.03. The van der Waals surface area contributed by atoms with E-state index in [1.807, 2.05) is 13.3 Å². The Hall–Kier alpha value is -1.92. The highest BCUT2D eigenvalue weighted by atomic mass is 32.2. The molecule has 0 saturated heterocycles. The number of rotatable bonds is 7. The second-order valence-corrected chi connectivity index (χ2v) is 6.99. The average molecular weight is 365 g/mol. The molecule has 2 aromatic rings. The van der Waals surface area contributed by atoms with E-state index < -0.39 is 17.7 Å². The number of carbonyl (C=O) groups is 1. The van der Waals surface area contributed by atoms with E-state index in [4.69, 9.17) is 0 Å². The van der Waals surface area contributed by atoms with Crippen LogP contribution in [0.3, 0.4) is 0 Å². The molecule has 0 radical (unpaired) electrons. The first-order valence-electron chi connectivity index (χ1n) is 8.07. The molecule has 3 nitrogen and oxygen atoms in total. The maximum atomic E-state index is 13.8. The van der Waals surface area contributed by atoms with E-state index in [-0.39, 0.29) is 18.0 Å². The molecule has 0 bridgehead atoms. The summed E-state index contributed by atoms with van der Waals surface area (Å²) < 4.78 is 26.7. The second-order valence-electron chi connectivity index (χ2n) is 6.11. The molecule has 0 saturated carbocycles. The Bertz CT molecular complexity index is 722. The van der Waals surface area contributed by atoms with E-state index in [2.05, 4.69) is 29.6 Å². The van der Waals surface area contributed by atoms with Gasteiger partial charge in [-0.25, -0.2) is 8.78 Å². The average Bonchev–Trinajstić information content (AvgIpc) is 2.55. The van der Waals surface area contributed by atoms with Crippen molar-refractivity contribution in [1.29, 1.82) is 0 Å². The minimum atomic E-state index is -0.651. The molecule has 25 heavy (non-hydrogen) atoms. The maximum absolute atomic E-state index is 13.8. The second kappa shape index (κ2) is 8.97. The van der Waals surface area contributed by atoms with Gasteiger partial charge in [-0.15, -0.1) is 11.8 Å². The molecule has 6 heteroatoms. The highest BCUT2D eigenvalue weighted by molar-refractivity contribution is 7.98. The molecule has 0 aliphatic carbocycles. The Morgan fingerprint density at radius 2 is 1.88 bits per heavy atom. The SMILES string of the molecule is CSc1ccc(C[NH+](C)CC(=O)N[C@@H](C)c2ccc(F)cc2F)cc1. The summed E-state index contributed by atoms with van der Waals surface area (Å²) in [5.41, 5.74) is 1.43. The highest BCUT2D eigenvalue weighted by Crippen LogP contribution is 2.17. The summed E-state index contributed by atoms with van der Waals surface area (Å²) in [4.78, 5) is 14.4. The van der Waals surface area contributed by atoms with Crippen LogP contribution >= 0.6 is 11.8 Å². The lowest BCUT2D eigenvalue weighted by atomic mass is 10.1. The predicted octanol–water partition coefficient (Wildman–Crippen LogP) is 2.58. The fourth-order valence-electron chi connectivity index (χ4n) is 2.65. The number of quaternary nitrogens is 1. The van der Waals surface area contributed by atoms with Gasteiger partial charge < -0.3 is 10.2 Å². The molecule has 2 N–H and O–H groups in total. The standard InChI is InChI=1S/C19H22F2N2OS/c1-13(17-9-6-15(20)10-18(17)21)22-19(24)12-23(2)11-14-4-7-16(25-3)8-5-14/h4-10,13H,11-12H2,1-3H3,(H,22,24)/p+1/t13-/m0/s1. The molecule has 1 amide bonds. The molecule has 2 atom stereocenters. The third kappa shape index (κ3) is 5.83. The zero-order valence-corrected chi connectivity index (χ0v) is 15.4. The number of hydrogen-bond donors (Lipinski definition) is 2. The lowest BCUT2D eigenvalue weighted by Gasteiger charge is -2.18. The van der Waals surface area contributed by atoms with Crippen molar-refractivity contribution in [2.24, 2.45) is 0 Å². The number of thioether (sulfide) groups is 1. The Balaban J connectivity index is 1.87. The summed E-state index contributed by atoms with van der Waals surface area (Å²) in [5, 5.41) is 2.77. The van der Waals surface area contributed by atoms with Gasteiger partial charge in [-0.3, -0.25) is 4.79 Å². The van der Waals surface area contributed by atoms with Crippen LogP contribution in [0.4, 0.5) is 8.78 Å². The van der Waals surface area contributed by atoms with Gasteiger partial charge in [0.2, 0.25) is 0 Å². The normalized spacial score (nSPS) is 13.3. The maximum Gasteiger partial charge on any atom is 0.275 e. The molecule has 2 aromatic carbocycles. The lowest BCUT2D eigenvalue weighted by Crippen LogP contribution is -3.08. The number of hydrogen-bond acceptors (Lipinski definition) is 2. The van der Waals surface area contributed by atoms with Crippen LogP contribution in [0, 0.1) is 11.6 Å². The van der Waals surface area contributed by atoms with Gasteiger partial charge in [-0.05, 0) is 31.4 Å². The predicted molar refractivity (Wildman–Crippen MR) is 96.6 cm³/mol. The molecule has 1 unspecified atom stereocenters. The van der Waals surface area contributed by atoms with E-state index in [1.165, 1.54) is 17.0 Å². The molecule has 0 aromatic heterocycles. The van der Waals surface area contributed by atoms with Gasteiger partial charge in [0.25, 0.3) is 5.91 Å². The van der Waals surface area contributed by atoms with Crippen molar-refractivity contribution in [2.75, 3.05) is 19.8 Å². The smallest absolute Gasteiger partial charge is 0.275 e. The van der Waals surface area contributed by atoms with E-state index >= 15 is 0 Å². The van der Waals surface area contributed by atoms with Gasteiger partial charge in [-0.1, -0.05) is 18.2 Å². The fourth-order valence-corrected chi connectivity index (χ4v) is 3.06. The number of likely N-dealkylation sites (N-methyl/N-ethyl adjacent to an activating group) is 1. The van der Waals surface area contributed by atoms with Crippen molar-refractivity contribution in [3.8, 4) is 0 Å². The summed E-state index contributed by atoms with van der Waals surface area (Å²) in [5.74, 6) is -1.45. The van der Waals surface area contributed by atoms with Crippen LogP contribution < -0.4 is 10.2 Å². The minimum absolute atomic E-state index is 0.172. The van der Waals surface area contributed by atoms with Crippen LogP contribution in [-0.4, -0.2) is 25.8 Å².